The van der Waals surface area contributed by atoms with Crippen LogP contribution in [0.2, 0.25) is 0 Å². The summed E-state index contributed by atoms with van der Waals surface area (Å²) >= 11 is 1.40. The number of halogens is 1. The van der Waals surface area contributed by atoms with Crippen LogP contribution < -0.4 is 0 Å². The van der Waals surface area contributed by atoms with Crippen LogP contribution in [0.1, 0.15) is 87.8 Å². The first kappa shape index (κ1) is 31.4. The molecule has 1 aromatic carbocycles. The van der Waals surface area contributed by atoms with Crippen LogP contribution in [-0.2, 0) is 9.59 Å². The van der Waals surface area contributed by atoms with Gasteiger partial charge < -0.3 is 14.7 Å². The van der Waals surface area contributed by atoms with E-state index in [1.807, 2.05) is 47.2 Å². The van der Waals surface area contributed by atoms with Crippen LogP contribution in [0.15, 0.2) is 52.1 Å². The van der Waals surface area contributed by atoms with Crippen LogP contribution in [0.25, 0.3) is 0 Å². The molecule has 5 atom stereocenters. The Morgan fingerprint density at radius 3 is 2.43 bits per heavy atom. The predicted molar refractivity (Wildman–Crippen MR) is 179 cm³/mol. The lowest BCUT2D eigenvalue weighted by molar-refractivity contribution is -0.146. The number of rotatable bonds is 5. The number of nitrogens with zero attached hydrogens (tertiary/aromatic N) is 6. The highest BCUT2D eigenvalue weighted by atomic mass is 32.2. The van der Waals surface area contributed by atoms with E-state index in [1.54, 1.807) is 13.0 Å². The van der Waals surface area contributed by atoms with Gasteiger partial charge in [-0.05, 0) is 107 Å². The molecule has 1 aromatic heterocycles. The Labute approximate surface area is 276 Å². The van der Waals surface area contributed by atoms with Gasteiger partial charge in [-0.15, -0.1) is 0 Å². The number of allylic oxidation sites excluding steroid dienone is 1. The number of hydrogen-bond acceptors (Lipinski definition) is 7. The summed E-state index contributed by atoms with van der Waals surface area (Å²) in [6, 6.07) is 8.54. The number of aryl methyl sites for hydroxylation is 2. The fraction of sp³-hybridized carbons (Fsp3) is 0.556. The number of carbonyl (C=O) groups is 2. The fourth-order valence-electron chi connectivity index (χ4n) is 7.98. The molecule has 1 spiro atoms. The van der Waals surface area contributed by atoms with E-state index in [4.69, 9.17) is 4.99 Å². The minimum atomic E-state index is -0.471. The van der Waals surface area contributed by atoms with Gasteiger partial charge in [-0.2, -0.15) is 0 Å². The van der Waals surface area contributed by atoms with Crippen molar-refractivity contribution in [3.05, 3.63) is 75.3 Å². The predicted octanol–water partition coefficient (Wildman–Crippen LogP) is 5.98. The van der Waals surface area contributed by atoms with E-state index >= 15 is 4.39 Å². The minimum absolute atomic E-state index is 0.00731. The van der Waals surface area contributed by atoms with Gasteiger partial charge in [0.1, 0.15) is 22.8 Å². The lowest BCUT2D eigenvalue weighted by atomic mass is 9.92. The molecule has 7 rings (SSSR count). The van der Waals surface area contributed by atoms with Crippen molar-refractivity contribution >= 4 is 28.7 Å². The summed E-state index contributed by atoms with van der Waals surface area (Å²) in [6.45, 7) is 13.6. The highest BCUT2D eigenvalue weighted by Gasteiger charge is 2.55. The van der Waals surface area contributed by atoms with Gasteiger partial charge in [0.25, 0.3) is 5.91 Å². The van der Waals surface area contributed by atoms with Crippen molar-refractivity contribution in [1.29, 1.82) is 0 Å². The number of piperazine rings is 1. The number of likely N-dealkylation sites (N-methyl/N-ethyl adjacent to an activating group) is 1. The smallest absolute Gasteiger partial charge is 0.263 e. The molecule has 2 amide bonds. The number of aliphatic imine (C=N–C) groups is 1. The molecule has 1 aliphatic carbocycles. The number of amides is 2. The van der Waals surface area contributed by atoms with E-state index in [0.717, 1.165) is 53.5 Å². The van der Waals surface area contributed by atoms with Gasteiger partial charge in [-0.1, -0.05) is 32.0 Å². The zero-order valence-electron chi connectivity index (χ0n) is 28.0. The summed E-state index contributed by atoms with van der Waals surface area (Å²) in [5, 5.41) is 0.738. The molecule has 4 aliphatic heterocycles. The van der Waals surface area contributed by atoms with Crippen molar-refractivity contribution in [2.45, 2.75) is 103 Å². The highest BCUT2D eigenvalue weighted by Crippen LogP contribution is 2.54. The van der Waals surface area contributed by atoms with Crippen LogP contribution in [0.4, 0.5) is 4.39 Å². The van der Waals surface area contributed by atoms with E-state index in [0.29, 0.717) is 23.4 Å². The Balaban J connectivity index is 1.24. The standard InChI is InChI=1S/C36H45FN6O2S/c1-20(2)30-32(34(45)42-23(5)10-13-28(42)33(44)41-18-24(6)40(7)36(19-41)14-15-36)46-35-39-29(26-12-9-22(4)38-17-26)31(43(30)35)25-11-8-21(3)27(37)16-25/h8-9,11-12,16-17,20,23-24,28-29,31H,10,13-15,18-19H2,1-7H3/t23-,24-,28+,29+,31-/m1/s1. The second kappa shape index (κ2) is 11.5. The van der Waals surface area contributed by atoms with Crippen LogP contribution >= 0.6 is 11.8 Å². The number of hydrogen-bond donors (Lipinski definition) is 0. The number of thioether (sulfide) groups is 1. The number of aromatic nitrogens is 1. The van der Waals surface area contributed by atoms with Gasteiger partial charge >= 0.3 is 0 Å². The topological polar surface area (TPSA) is 72.4 Å². The Morgan fingerprint density at radius 2 is 1.78 bits per heavy atom. The third-order valence-electron chi connectivity index (χ3n) is 11.0. The van der Waals surface area contributed by atoms with Crippen LogP contribution in [-0.4, -0.2) is 85.4 Å². The van der Waals surface area contributed by atoms with Gasteiger partial charge in [-0.3, -0.25) is 24.5 Å². The summed E-state index contributed by atoms with van der Waals surface area (Å²) in [5.41, 5.74) is 4.24. The molecule has 5 heterocycles. The van der Waals surface area contributed by atoms with Gasteiger partial charge in [0.15, 0.2) is 5.17 Å². The van der Waals surface area contributed by atoms with Crippen molar-refractivity contribution in [1.82, 2.24) is 24.6 Å². The summed E-state index contributed by atoms with van der Waals surface area (Å²) in [6.07, 6.45) is 5.56. The average molecular weight is 645 g/mol. The van der Waals surface area contributed by atoms with Crippen molar-refractivity contribution in [3.8, 4) is 0 Å². The number of benzene rings is 1. The highest BCUT2D eigenvalue weighted by molar-refractivity contribution is 8.18. The van der Waals surface area contributed by atoms with E-state index in [9.17, 15) is 9.59 Å². The molecule has 1 saturated carbocycles. The zero-order chi connectivity index (χ0) is 32.7. The lowest BCUT2D eigenvalue weighted by Crippen LogP contribution is -2.62. The molecule has 0 N–H and O–H groups in total. The number of amidine groups is 1. The molecule has 2 aromatic rings. The number of carbonyl (C=O) groups excluding carboxylic acids is 2. The largest absolute Gasteiger partial charge is 0.337 e. The molecule has 0 unspecified atom stereocenters. The van der Waals surface area contributed by atoms with Crippen LogP contribution in [0, 0.1) is 25.6 Å². The Bertz CT molecular complexity index is 1640. The summed E-state index contributed by atoms with van der Waals surface area (Å²) in [4.78, 5) is 47.7. The molecular weight excluding hydrogens is 600 g/mol. The van der Waals surface area contributed by atoms with E-state index < -0.39 is 6.04 Å². The lowest BCUT2D eigenvalue weighted by Gasteiger charge is -2.46. The minimum Gasteiger partial charge on any atom is -0.337 e. The van der Waals surface area contributed by atoms with Crippen LogP contribution in [0.3, 0.4) is 0 Å². The monoisotopic (exact) mass is 644 g/mol. The molecule has 8 nitrogen and oxygen atoms in total. The van der Waals surface area contributed by atoms with Gasteiger partial charge in [0.05, 0.1) is 6.04 Å². The first-order valence-electron chi connectivity index (χ1n) is 16.7. The maximum Gasteiger partial charge on any atom is 0.263 e. The molecule has 0 radical (unpaired) electrons. The second-order valence-corrected chi connectivity index (χ2v) is 15.4. The Morgan fingerprint density at radius 1 is 1.04 bits per heavy atom. The maximum atomic E-state index is 15.1. The molecule has 244 valence electrons. The quantitative estimate of drug-likeness (QED) is 0.399. The average Bonchev–Trinajstić information content (AvgIpc) is 3.34. The first-order valence-corrected chi connectivity index (χ1v) is 17.5. The fourth-order valence-corrected chi connectivity index (χ4v) is 9.27. The van der Waals surface area contributed by atoms with E-state index in [1.165, 1.54) is 11.8 Å². The van der Waals surface area contributed by atoms with Gasteiger partial charge in [-0.25, -0.2) is 4.39 Å². The van der Waals surface area contributed by atoms with Crippen molar-refractivity contribution < 1.29 is 14.0 Å². The maximum absolute atomic E-state index is 15.1. The molecule has 3 fully saturated rings. The SMILES string of the molecule is Cc1ccc([C@@H]2N=C3SC(C(=O)N4[C@H](C)CC[C@H]4C(=O)N4C[C@@H](C)N(C)C5(CC5)C4)=C(C(C)C)N3[C@@H]2c2ccc(C)c(F)c2)cn1. The normalized spacial score (nSPS) is 28.8. The molecule has 5 aliphatic rings. The van der Waals surface area contributed by atoms with Gasteiger partial charge in [0, 0.05) is 48.3 Å². The summed E-state index contributed by atoms with van der Waals surface area (Å²) in [7, 11) is 2.18. The third kappa shape index (κ3) is 5.07. The number of pyridine rings is 1. The van der Waals surface area contributed by atoms with Gasteiger partial charge in [0.2, 0.25) is 5.91 Å². The molecule has 10 heteroatoms. The van der Waals surface area contributed by atoms with Crippen molar-refractivity contribution in [2.75, 3.05) is 20.1 Å². The number of likely N-dealkylation sites (tertiary alicyclic amines) is 1. The molecule has 2 saturated heterocycles. The number of fused-ring (bicyclic) bond motifs is 1. The van der Waals surface area contributed by atoms with Crippen molar-refractivity contribution in [3.63, 3.8) is 0 Å². The second-order valence-electron chi connectivity index (χ2n) is 14.4. The Hall–Kier alpha value is -3.24. The van der Waals surface area contributed by atoms with E-state index in [-0.39, 0.29) is 53.3 Å². The van der Waals surface area contributed by atoms with E-state index in [2.05, 4.69) is 49.5 Å². The summed E-state index contributed by atoms with van der Waals surface area (Å²) in [5.74, 6) is -0.285. The third-order valence-corrected chi connectivity index (χ3v) is 12.1. The molecular formula is C36H45FN6O2S. The Kier molecular flexibility index (Phi) is 7.82. The first-order chi connectivity index (χ1) is 21.9. The summed E-state index contributed by atoms with van der Waals surface area (Å²) < 4.78 is 15.1. The molecule has 46 heavy (non-hydrogen) atoms. The van der Waals surface area contributed by atoms with Crippen molar-refractivity contribution in [2.24, 2.45) is 10.9 Å². The molecule has 0 bridgehead atoms. The zero-order valence-corrected chi connectivity index (χ0v) is 28.8. The van der Waals surface area contributed by atoms with Crippen LogP contribution in [0.5, 0.6) is 0 Å².